The quantitative estimate of drug-likeness (QED) is 0.179. The molecule has 2 nitrogen and oxygen atoms in total. The molecule has 0 aliphatic heterocycles. The van der Waals surface area contributed by atoms with Gasteiger partial charge in [0, 0.05) is 23.3 Å². The molecule has 0 unspecified atom stereocenters. The highest BCUT2D eigenvalue weighted by molar-refractivity contribution is 6.27. The van der Waals surface area contributed by atoms with E-state index in [1.165, 1.54) is 49.7 Å². The highest BCUT2D eigenvalue weighted by atomic mass is 19.1. The minimum absolute atomic E-state index is 0.257. The van der Waals surface area contributed by atoms with Gasteiger partial charge in [0.1, 0.15) is 5.82 Å². The molecule has 0 amide bonds. The molecule has 216 valence electrons. The summed E-state index contributed by atoms with van der Waals surface area (Å²) in [5.41, 5.74) is 7.22. The fourth-order valence-corrected chi connectivity index (χ4v) is 6.61. The number of nitrogens with zero attached hydrogens (tertiary/aromatic N) is 1. The Bertz CT molecular complexity index is 2240. The second kappa shape index (κ2) is 11.4. The Kier molecular flexibility index (Phi) is 6.84. The predicted molar refractivity (Wildman–Crippen MR) is 189 cm³/mol. The number of halogens is 1. The third-order valence-electron chi connectivity index (χ3n) is 8.77. The molecule has 8 rings (SSSR count). The van der Waals surface area contributed by atoms with Crippen molar-refractivity contribution >= 4 is 55.1 Å². The lowest BCUT2D eigenvalue weighted by Crippen LogP contribution is -2.12. The van der Waals surface area contributed by atoms with Crippen LogP contribution in [0.2, 0.25) is 0 Å². The molecule has 0 heterocycles. The number of hydrogen-bond donors (Lipinski definition) is 1. The Labute approximate surface area is 262 Å². The van der Waals surface area contributed by atoms with Crippen LogP contribution in [0.5, 0.6) is 0 Å². The molecule has 0 spiro atoms. The lowest BCUT2D eigenvalue weighted by atomic mass is 9.89. The lowest BCUT2D eigenvalue weighted by Gasteiger charge is -2.28. The summed E-state index contributed by atoms with van der Waals surface area (Å²) in [6.45, 7) is 0.886. The summed E-state index contributed by atoms with van der Waals surface area (Å²) < 4.78 is 15.4. The average Bonchev–Trinajstić information content (AvgIpc) is 3.10. The van der Waals surface area contributed by atoms with E-state index >= 15 is 4.39 Å². The van der Waals surface area contributed by atoms with Crippen LogP contribution in [0.15, 0.2) is 158 Å². The van der Waals surface area contributed by atoms with Gasteiger partial charge in [-0.15, -0.1) is 0 Å². The summed E-state index contributed by atoms with van der Waals surface area (Å²) in [6, 6.07) is 53.9. The van der Waals surface area contributed by atoms with Crippen LogP contribution in [0.25, 0.3) is 43.4 Å². The van der Waals surface area contributed by atoms with Crippen molar-refractivity contribution in [3.63, 3.8) is 0 Å². The molecule has 0 aliphatic rings. The summed E-state index contributed by atoms with van der Waals surface area (Å²) in [5.74, 6) is -0.257. The second-order valence-electron chi connectivity index (χ2n) is 11.5. The molecule has 0 fully saturated rings. The molecular formula is C42H31FN2. The van der Waals surface area contributed by atoms with Crippen molar-refractivity contribution in [1.82, 2.24) is 0 Å². The molecule has 0 atom stereocenters. The zero-order valence-electron chi connectivity index (χ0n) is 24.8. The maximum absolute atomic E-state index is 15.4. The van der Waals surface area contributed by atoms with Gasteiger partial charge >= 0.3 is 0 Å². The van der Waals surface area contributed by atoms with E-state index in [2.05, 4.69) is 108 Å². The number of para-hydroxylation sites is 2. The molecule has 8 aromatic rings. The van der Waals surface area contributed by atoms with Crippen LogP contribution in [0.4, 0.5) is 27.1 Å². The van der Waals surface area contributed by atoms with Crippen LogP contribution in [0, 0.1) is 5.82 Å². The Morgan fingerprint density at radius 1 is 0.511 bits per heavy atom. The van der Waals surface area contributed by atoms with Gasteiger partial charge in [-0.3, -0.25) is 0 Å². The third kappa shape index (κ3) is 4.93. The highest BCUT2D eigenvalue weighted by Gasteiger charge is 2.21. The smallest absolute Gasteiger partial charge is 0.147 e. The van der Waals surface area contributed by atoms with E-state index in [-0.39, 0.29) is 5.82 Å². The Hall–Kier alpha value is -5.67. The fourth-order valence-electron chi connectivity index (χ4n) is 6.61. The Morgan fingerprint density at radius 3 is 1.89 bits per heavy atom. The first-order chi connectivity index (χ1) is 22.2. The number of nitrogens with one attached hydrogen (secondary N) is 1. The molecule has 0 radical (unpaired) electrons. The first-order valence-corrected chi connectivity index (χ1v) is 15.4. The van der Waals surface area contributed by atoms with E-state index in [0.29, 0.717) is 5.69 Å². The fraction of sp³-hybridized carbons (Fsp3) is 0.0476. The topological polar surface area (TPSA) is 15.3 Å². The summed E-state index contributed by atoms with van der Waals surface area (Å²) in [6.07, 6.45) is 0.984. The van der Waals surface area contributed by atoms with Crippen LogP contribution >= 0.6 is 0 Å². The van der Waals surface area contributed by atoms with Gasteiger partial charge in [0.15, 0.2) is 0 Å². The third-order valence-corrected chi connectivity index (χ3v) is 8.77. The van der Waals surface area contributed by atoms with Crippen LogP contribution < -0.4 is 10.2 Å². The van der Waals surface area contributed by atoms with Gasteiger partial charge in [-0.05, 0) is 92.5 Å². The molecule has 1 N–H and O–H groups in total. The van der Waals surface area contributed by atoms with E-state index < -0.39 is 0 Å². The molecule has 45 heavy (non-hydrogen) atoms. The number of benzene rings is 8. The molecule has 0 saturated carbocycles. The van der Waals surface area contributed by atoms with Crippen LogP contribution in [-0.4, -0.2) is 6.54 Å². The number of hydrogen-bond acceptors (Lipinski definition) is 2. The Morgan fingerprint density at radius 2 is 1.13 bits per heavy atom. The molecule has 3 heteroatoms. The van der Waals surface area contributed by atoms with Gasteiger partial charge in [0.2, 0.25) is 0 Å². The van der Waals surface area contributed by atoms with Gasteiger partial charge in [-0.2, -0.15) is 0 Å². The summed E-state index contributed by atoms with van der Waals surface area (Å²) in [5, 5.41) is 10.7. The molecule has 0 aliphatic carbocycles. The molecule has 0 saturated heterocycles. The zero-order chi connectivity index (χ0) is 30.2. The van der Waals surface area contributed by atoms with Crippen LogP contribution in [-0.2, 0) is 6.42 Å². The first kappa shape index (κ1) is 26.9. The van der Waals surface area contributed by atoms with E-state index in [9.17, 15) is 0 Å². The van der Waals surface area contributed by atoms with E-state index in [4.69, 9.17) is 0 Å². The van der Waals surface area contributed by atoms with Crippen LogP contribution in [0.1, 0.15) is 5.56 Å². The number of anilines is 4. The molecule has 0 bridgehead atoms. The predicted octanol–water partition coefficient (Wildman–Crippen LogP) is 11.5. The zero-order valence-corrected chi connectivity index (χ0v) is 24.8. The van der Waals surface area contributed by atoms with Crippen molar-refractivity contribution in [3.8, 4) is 11.1 Å². The van der Waals surface area contributed by atoms with Gasteiger partial charge < -0.3 is 10.2 Å². The van der Waals surface area contributed by atoms with E-state index in [1.807, 2.05) is 47.4 Å². The molecular weight excluding hydrogens is 551 g/mol. The van der Waals surface area contributed by atoms with Crippen molar-refractivity contribution in [2.24, 2.45) is 0 Å². The largest absolute Gasteiger partial charge is 0.385 e. The standard InChI is InChI=1S/C42H31FN2/c43-38-13-7-8-14-40(38)45(34-11-5-2-6-12-34)39-26-20-32-18-24-36-35(23-17-31-19-25-37(39)42(32)41(31)36)30-15-21-33(22-16-30)44-28-27-29-9-3-1-4-10-29/h1-26,44H,27-28H2. The van der Waals surface area contributed by atoms with E-state index in [0.717, 1.165) is 35.4 Å². The molecule has 8 aromatic carbocycles. The average molecular weight is 583 g/mol. The van der Waals surface area contributed by atoms with Crippen LogP contribution in [0.3, 0.4) is 0 Å². The Balaban J connectivity index is 1.22. The van der Waals surface area contributed by atoms with E-state index in [1.54, 1.807) is 6.07 Å². The summed E-state index contributed by atoms with van der Waals surface area (Å²) >= 11 is 0. The highest BCUT2D eigenvalue weighted by Crippen LogP contribution is 2.45. The monoisotopic (exact) mass is 582 g/mol. The number of rotatable bonds is 8. The summed E-state index contributed by atoms with van der Waals surface area (Å²) in [7, 11) is 0. The van der Waals surface area contributed by atoms with Crippen molar-refractivity contribution in [1.29, 1.82) is 0 Å². The van der Waals surface area contributed by atoms with Gasteiger partial charge in [-0.25, -0.2) is 4.39 Å². The maximum Gasteiger partial charge on any atom is 0.147 e. The normalized spacial score (nSPS) is 11.4. The van der Waals surface area contributed by atoms with Gasteiger partial charge in [-0.1, -0.05) is 115 Å². The first-order valence-electron chi connectivity index (χ1n) is 15.4. The minimum Gasteiger partial charge on any atom is -0.385 e. The SMILES string of the molecule is Fc1ccccc1N(c1ccccc1)c1ccc2ccc3c(-c4ccc(NCCc5ccccc5)cc4)ccc4ccc1c2c43. The van der Waals surface area contributed by atoms with Crippen molar-refractivity contribution in [2.75, 3.05) is 16.8 Å². The van der Waals surface area contributed by atoms with Gasteiger partial charge in [0.25, 0.3) is 0 Å². The molecule has 0 aromatic heterocycles. The summed E-state index contributed by atoms with van der Waals surface area (Å²) in [4.78, 5) is 2.03. The maximum atomic E-state index is 15.4. The van der Waals surface area contributed by atoms with Crippen molar-refractivity contribution < 1.29 is 4.39 Å². The van der Waals surface area contributed by atoms with Crippen molar-refractivity contribution in [2.45, 2.75) is 6.42 Å². The van der Waals surface area contributed by atoms with Crippen molar-refractivity contribution in [3.05, 3.63) is 169 Å². The van der Waals surface area contributed by atoms with Gasteiger partial charge in [0.05, 0.1) is 11.4 Å². The second-order valence-corrected chi connectivity index (χ2v) is 11.5. The lowest BCUT2D eigenvalue weighted by molar-refractivity contribution is 0.629. The minimum atomic E-state index is -0.257.